The molecule has 0 amide bonds. The van der Waals surface area contributed by atoms with Crippen LogP contribution in [0, 0.1) is 17.2 Å². The Hall–Kier alpha value is -1.37. The van der Waals surface area contributed by atoms with E-state index in [1.54, 1.807) is 0 Å². The van der Waals surface area contributed by atoms with Gasteiger partial charge in [-0.05, 0) is 30.5 Å². The number of nitriles is 1. The van der Waals surface area contributed by atoms with Gasteiger partial charge in [0.05, 0.1) is 11.6 Å². The zero-order chi connectivity index (χ0) is 13.2. The van der Waals surface area contributed by atoms with Crippen LogP contribution in [0.1, 0.15) is 31.4 Å². The van der Waals surface area contributed by atoms with Crippen molar-refractivity contribution in [3.63, 3.8) is 0 Å². The smallest absolute Gasteiger partial charge is 0.0995 e. The molecule has 1 aromatic rings. The van der Waals surface area contributed by atoms with Gasteiger partial charge in [0.15, 0.2) is 0 Å². The lowest BCUT2D eigenvalue weighted by molar-refractivity contribution is 0.108. The molecule has 0 fully saturated rings. The molecule has 1 rings (SSSR count). The lowest BCUT2D eigenvalue weighted by atomic mass is 10.1. The fourth-order valence-corrected chi connectivity index (χ4v) is 1.62. The molecule has 0 spiro atoms. The van der Waals surface area contributed by atoms with E-state index in [1.165, 1.54) is 0 Å². The van der Waals surface area contributed by atoms with E-state index in [4.69, 9.17) is 10.00 Å². The molecule has 0 aliphatic rings. The van der Waals surface area contributed by atoms with E-state index in [2.05, 4.69) is 25.2 Å². The fraction of sp³-hybridized carbons (Fsp3) is 0.533. The first kappa shape index (κ1) is 14.7. The summed E-state index contributed by atoms with van der Waals surface area (Å²) >= 11 is 0. The molecule has 0 aliphatic carbocycles. The molecule has 0 unspecified atom stereocenters. The van der Waals surface area contributed by atoms with Gasteiger partial charge in [-0.1, -0.05) is 32.0 Å². The van der Waals surface area contributed by atoms with Crippen molar-refractivity contribution in [2.24, 2.45) is 5.92 Å². The highest BCUT2D eigenvalue weighted by Crippen LogP contribution is 2.06. The summed E-state index contributed by atoms with van der Waals surface area (Å²) in [6.07, 6.45) is 1.00. The second kappa shape index (κ2) is 8.68. The minimum Gasteiger partial charge on any atom is -0.381 e. The Morgan fingerprint density at radius 1 is 1.33 bits per heavy atom. The molecule has 1 N–H and O–H groups in total. The summed E-state index contributed by atoms with van der Waals surface area (Å²) in [6, 6.07) is 9.89. The van der Waals surface area contributed by atoms with Gasteiger partial charge in [-0.15, -0.1) is 0 Å². The molecule has 0 heterocycles. The zero-order valence-corrected chi connectivity index (χ0v) is 11.3. The normalized spacial score (nSPS) is 10.6. The molecule has 0 atom stereocenters. The van der Waals surface area contributed by atoms with Gasteiger partial charge < -0.3 is 10.1 Å². The first-order chi connectivity index (χ1) is 8.74. The second-order valence-corrected chi connectivity index (χ2v) is 4.77. The molecule has 0 saturated heterocycles. The van der Waals surface area contributed by atoms with E-state index in [9.17, 15) is 0 Å². The molecule has 0 aliphatic heterocycles. The number of hydrogen-bond donors (Lipinski definition) is 1. The van der Waals surface area contributed by atoms with Gasteiger partial charge in [-0.2, -0.15) is 5.26 Å². The van der Waals surface area contributed by atoms with Crippen LogP contribution in [0.5, 0.6) is 0 Å². The fourth-order valence-electron chi connectivity index (χ4n) is 1.62. The van der Waals surface area contributed by atoms with Crippen molar-refractivity contribution >= 4 is 0 Å². The third-order valence-corrected chi connectivity index (χ3v) is 2.55. The van der Waals surface area contributed by atoms with Gasteiger partial charge in [0, 0.05) is 19.8 Å². The van der Waals surface area contributed by atoms with Gasteiger partial charge in [-0.3, -0.25) is 0 Å². The molecular formula is C15H22N2O. The van der Waals surface area contributed by atoms with Crippen LogP contribution in [-0.2, 0) is 11.3 Å². The molecule has 1 aromatic carbocycles. The lowest BCUT2D eigenvalue weighted by Gasteiger charge is -2.08. The summed E-state index contributed by atoms with van der Waals surface area (Å²) in [4.78, 5) is 0. The molecule has 3 nitrogen and oxygen atoms in total. The summed E-state index contributed by atoms with van der Waals surface area (Å²) in [5, 5.41) is 12.3. The first-order valence-corrected chi connectivity index (χ1v) is 6.50. The van der Waals surface area contributed by atoms with Crippen LogP contribution in [0.15, 0.2) is 24.3 Å². The Morgan fingerprint density at radius 3 is 2.83 bits per heavy atom. The number of benzene rings is 1. The van der Waals surface area contributed by atoms with E-state index in [-0.39, 0.29) is 0 Å². The predicted octanol–water partition coefficient (Wildman–Crippen LogP) is 2.71. The topological polar surface area (TPSA) is 45.0 Å². The lowest BCUT2D eigenvalue weighted by Crippen LogP contribution is -2.17. The zero-order valence-electron chi connectivity index (χ0n) is 11.3. The number of rotatable bonds is 8. The first-order valence-electron chi connectivity index (χ1n) is 6.50. The van der Waals surface area contributed by atoms with Gasteiger partial charge in [0.25, 0.3) is 0 Å². The van der Waals surface area contributed by atoms with Crippen molar-refractivity contribution in [2.75, 3.05) is 19.8 Å². The van der Waals surface area contributed by atoms with Crippen LogP contribution in [-0.4, -0.2) is 19.8 Å². The van der Waals surface area contributed by atoms with Gasteiger partial charge in [-0.25, -0.2) is 0 Å². The van der Waals surface area contributed by atoms with E-state index in [0.717, 1.165) is 43.9 Å². The molecule has 0 radical (unpaired) electrons. The van der Waals surface area contributed by atoms with Crippen molar-refractivity contribution in [3.05, 3.63) is 35.4 Å². The summed E-state index contributed by atoms with van der Waals surface area (Å²) < 4.78 is 5.50. The molecule has 0 bridgehead atoms. The van der Waals surface area contributed by atoms with Crippen LogP contribution in [0.4, 0.5) is 0 Å². The molecular weight excluding hydrogens is 224 g/mol. The highest BCUT2D eigenvalue weighted by Gasteiger charge is 1.99. The molecule has 98 valence electrons. The van der Waals surface area contributed by atoms with Crippen LogP contribution < -0.4 is 5.32 Å². The van der Waals surface area contributed by atoms with Crippen LogP contribution in [0.3, 0.4) is 0 Å². The van der Waals surface area contributed by atoms with Crippen LogP contribution in [0.2, 0.25) is 0 Å². The Bertz CT molecular complexity index is 382. The third-order valence-electron chi connectivity index (χ3n) is 2.55. The predicted molar refractivity (Wildman–Crippen MR) is 73.1 cm³/mol. The van der Waals surface area contributed by atoms with E-state index < -0.39 is 0 Å². The van der Waals surface area contributed by atoms with Gasteiger partial charge >= 0.3 is 0 Å². The van der Waals surface area contributed by atoms with Crippen LogP contribution >= 0.6 is 0 Å². The van der Waals surface area contributed by atoms with Crippen molar-refractivity contribution in [1.29, 1.82) is 5.26 Å². The molecule has 3 heteroatoms. The van der Waals surface area contributed by atoms with Crippen molar-refractivity contribution in [1.82, 2.24) is 5.32 Å². The van der Waals surface area contributed by atoms with Gasteiger partial charge in [0.1, 0.15) is 0 Å². The number of ether oxygens (including phenoxy) is 1. The maximum absolute atomic E-state index is 8.95. The summed E-state index contributed by atoms with van der Waals surface area (Å²) in [5.41, 5.74) is 1.81. The number of nitrogens with zero attached hydrogens (tertiary/aromatic N) is 1. The highest BCUT2D eigenvalue weighted by molar-refractivity contribution is 5.37. The van der Waals surface area contributed by atoms with Crippen molar-refractivity contribution < 1.29 is 4.74 Å². The average Bonchev–Trinajstić information content (AvgIpc) is 2.37. The third kappa shape index (κ3) is 5.81. The largest absolute Gasteiger partial charge is 0.381 e. The standard InChI is InChI=1S/C15H22N2O/c1-13(2)12-18-9-5-8-17-11-15-7-4-3-6-14(15)10-16/h3-4,6-7,13,17H,5,8-9,11-12H2,1-2H3. The van der Waals surface area contributed by atoms with E-state index in [0.29, 0.717) is 5.92 Å². The summed E-state index contributed by atoms with van der Waals surface area (Å²) in [7, 11) is 0. The summed E-state index contributed by atoms with van der Waals surface area (Å²) in [6.45, 7) is 7.59. The minimum atomic E-state index is 0.598. The van der Waals surface area contributed by atoms with Gasteiger partial charge in [0.2, 0.25) is 0 Å². The maximum atomic E-state index is 8.95. The molecule has 18 heavy (non-hydrogen) atoms. The SMILES string of the molecule is CC(C)COCCCNCc1ccccc1C#N. The van der Waals surface area contributed by atoms with Crippen LogP contribution in [0.25, 0.3) is 0 Å². The molecule has 0 aromatic heterocycles. The Morgan fingerprint density at radius 2 is 2.11 bits per heavy atom. The molecule has 0 saturated carbocycles. The summed E-state index contributed by atoms with van der Waals surface area (Å²) in [5.74, 6) is 0.598. The van der Waals surface area contributed by atoms with E-state index in [1.807, 2.05) is 24.3 Å². The van der Waals surface area contributed by atoms with E-state index >= 15 is 0 Å². The number of nitrogens with one attached hydrogen (secondary N) is 1. The Labute approximate surface area is 110 Å². The second-order valence-electron chi connectivity index (χ2n) is 4.77. The van der Waals surface area contributed by atoms with Crippen molar-refractivity contribution in [3.8, 4) is 6.07 Å². The highest BCUT2D eigenvalue weighted by atomic mass is 16.5. The quantitative estimate of drug-likeness (QED) is 0.717. The Kier molecular flexibility index (Phi) is 7.09. The maximum Gasteiger partial charge on any atom is 0.0995 e. The Balaban J connectivity index is 2.13. The monoisotopic (exact) mass is 246 g/mol. The number of hydrogen-bond acceptors (Lipinski definition) is 3. The average molecular weight is 246 g/mol. The van der Waals surface area contributed by atoms with Crippen molar-refractivity contribution in [2.45, 2.75) is 26.8 Å². The minimum absolute atomic E-state index is 0.598.